The van der Waals surface area contributed by atoms with E-state index in [1.807, 2.05) is 0 Å². The predicted molar refractivity (Wildman–Crippen MR) is 61.3 cm³/mol. The van der Waals surface area contributed by atoms with Gasteiger partial charge in [-0.2, -0.15) is 23.5 Å². The summed E-state index contributed by atoms with van der Waals surface area (Å²) in [6, 6.07) is 0. The first-order valence-electron chi connectivity index (χ1n) is 4.69. The fraction of sp³-hybridized carbons (Fsp3) is 1.00. The van der Waals surface area contributed by atoms with E-state index >= 15 is 0 Å². The van der Waals surface area contributed by atoms with Gasteiger partial charge in [-0.05, 0) is 12.5 Å². The Morgan fingerprint density at radius 3 is 2.83 bits per heavy atom. The first-order valence-corrected chi connectivity index (χ1v) is 6.89. The normalized spacial score (nSPS) is 24.8. The second kappa shape index (κ2) is 6.17. The Balaban J connectivity index is 1.98. The first-order chi connectivity index (χ1) is 5.79. The van der Waals surface area contributed by atoms with Crippen LogP contribution in [0.25, 0.3) is 0 Å². The standard InChI is InChI=1S/C9H19NS2/c1-8(2)5-10-6-9-7-11-3-4-12-9/h8-10H,3-7H2,1-2H3. The highest BCUT2D eigenvalue weighted by Crippen LogP contribution is 2.23. The SMILES string of the molecule is CC(C)CNCC1CSCCS1. The van der Waals surface area contributed by atoms with Crippen molar-refractivity contribution >= 4 is 23.5 Å². The van der Waals surface area contributed by atoms with E-state index in [-0.39, 0.29) is 0 Å². The minimum absolute atomic E-state index is 0.784. The molecular weight excluding hydrogens is 186 g/mol. The first kappa shape index (κ1) is 10.7. The highest BCUT2D eigenvalue weighted by atomic mass is 32.2. The molecule has 72 valence electrons. The third-order valence-electron chi connectivity index (χ3n) is 1.81. The topological polar surface area (TPSA) is 12.0 Å². The molecule has 1 N–H and O–H groups in total. The molecule has 0 aromatic heterocycles. The van der Waals surface area contributed by atoms with E-state index in [1.165, 1.54) is 30.3 Å². The lowest BCUT2D eigenvalue weighted by Crippen LogP contribution is -2.31. The van der Waals surface area contributed by atoms with Gasteiger partial charge < -0.3 is 5.32 Å². The van der Waals surface area contributed by atoms with E-state index in [9.17, 15) is 0 Å². The van der Waals surface area contributed by atoms with Gasteiger partial charge in [-0.25, -0.2) is 0 Å². The molecular formula is C9H19NS2. The zero-order valence-electron chi connectivity index (χ0n) is 8.01. The summed E-state index contributed by atoms with van der Waals surface area (Å²) in [7, 11) is 0. The molecule has 1 unspecified atom stereocenters. The van der Waals surface area contributed by atoms with Crippen molar-refractivity contribution < 1.29 is 0 Å². The number of thioether (sulfide) groups is 2. The Morgan fingerprint density at radius 2 is 2.25 bits per heavy atom. The van der Waals surface area contributed by atoms with Crippen LogP contribution in [0.15, 0.2) is 0 Å². The maximum atomic E-state index is 3.52. The van der Waals surface area contributed by atoms with Gasteiger partial charge in [0.05, 0.1) is 0 Å². The maximum absolute atomic E-state index is 3.52. The molecule has 0 aromatic rings. The largest absolute Gasteiger partial charge is 0.315 e. The third-order valence-corrected chi connectivity index (χ3v) is 4.65. The molecule has 1 fully saturated rings. The van der Waals surface area contributed by atoms with Gasteiger partial charge in [0.1, 0.15) is 0 Å². The van der Waals surface area contributed by atoms with Crippen molar-refractivity contribution in [3.63, 3.8) is 0 Å². The molecule has 0 amide bonds. The number of hydrogen-bond acceptors (Lipinski definition) is 3. The van der Waals surface area contributed by atoms with E-state index in [2.05, 4.69) is 42.7 Å². The van der Waals surface area contributed by atoms with Crippen LogP contribution in [0.5, 0.6) is 0 Å². The van der Waals surface area contributed by atoms with Crippen molar-refractivity contribution in [2.45, 2.75) is 19.1 Å². The molecule has 3 heteroatoms. The van der Waals surface area contributed by atoms with Gasteiger partial charge in [-0.3, -0.25) is 0 Å². The minimum Gasteiger partial charge on any atom is -0.315 e. The summed E-state index contributed by atoms with van der Waals surface area (Å²) in [6.45, 7) is 6.89. The van der Waals surface area contributed by atoms with E-state index in [0.29, 0.717) is 0 Å². The van der Waals surface area contributed by atoms with Crippen LogP contribution in [0, 0.1) is 5.92 Å². The van der Waals surface area contributed by atoms with E-state index < -0.39 is 0 Å². The lowest BCUT2D eigenvalue weighted by Gasteiger charge is -2.21. The van der Waals surface area contributed by atoms with Crippen LogP contribution in [0.1, 0.15) is 13.8 Å². The minimum atomic E-state index is 0.784. The summed E-state index contributed by atoms with van der Waals surface area (Å²) >= 11 is 4.23. The van der Waals surface area contributed by atoms with Crippen LogP contribution in [0.2, 0.25) is 0 Å². The van der Waals surface area contributed by atoms with Crippen LogP contribution >= 0.6 is 23.5 Å². The summed E-state index contributed by atoms with van der Waals surface area (Å²) < 4.78 is 0. The van der Waals surface area contributed by atoms with Gasteiger partial charge in [0.2, 0.25) is 0 Å². The quantitative estimate of drug-likeness (QED) is 0.755. The molecule has 0 aromatic carbocycles. The summed E-state index contributed by atoms with van der Waals surface area (Å²) in [4.78, 5) is 0. The summed E-state index contributed by atoms with van der Waals surface area (Å²) in [5, 5.41) is 4.38. The molecule has 0 saturated carbocycles. The Bertz CT molecular complexity index is 111. The number of rotatable bonds is 4. The Labute approximate surface area is 84.4 Å². The fourth-order valence-corrected chi connectivity index (χ4v) is 3.83. The molecule has 0 bridgehead atoms. The van der Waals surface area contributed by atoms with Crippen molar-refractivity contribution in [2.75, 3.05) is 30.3 Å². The van der Waals surface area contributed by atoms with Crippen LogP contribution in [0.3, 0.4) is 0 Å². The second-order valence-corrected chi connectivity index (χ2v) is 6.18. The van der Waals surface area contributed by atoms with E-state index in [0.717, 1.165) is 11.2 Å². The highest BCUT2D eigenvalue weighted by Gasteiger charge is 2.13. The molecule has 1 aliphatic rings. The Hall–Kier alpha value is 0.660. The summed E-state index contributed by atoms with van der Waals surface area (Å²) in [5.41, 5.74) is 0. The van der Waals surface area contributed by atoms with Gasteiger partial charge in [0, 0.05) is 29.1 Å². The van der Waals surface area contributed by atoms with Crippen LogP contribution < -0.4 is 5.32 Å². The molecule has 1 saturated heterocycles. The number of nitrogens with one attached hydrogen (secondary N) is 1. The van der Waals surface area contributed by atoms with E-state index in [4.69, 9.17) is 0 Å². The van der Waals surface area contributed by atoms with Gasteiger partial charge in [-0.1, -0.05) is 13.8 Å². The fourth-order valence-electron chi connectivity index (χ4n) is 1.19. The smallest absolute Gasteiger partial charge is 0.0263 e. The molecule has 0 radical (unpaired) electrons. The maximum Gasteiger partial charge on any atom is 0.0263 e. The summed E-state index contributed by atoms with van der Waals surface area (Å²) in [6.07, 6.45) is 0. The molecule has 1 aliphatic heterocycles. The molecule has 1 atom stereocenters. The molecule has 0 spiro atoms. The van der Waals surface area contributed by atoms with Gasteiger partial charge in [-0.15, -0.1) is 0 Å². The Morgan fingerprint density at radius 1 is 1.42 bits per heavy atom. The Kier molecular flexibility index (Phi) is 5.52. The second-order valence-electron chi connectivity index (χ2n) is 3.62. The average Bonchev–Trinajstić information content (AvgIpc) is 2.05. The lowest BCUT2D eigenvalue weighted by molar-refractivity contribution is 0.554. The van der Waals surface area contributed by atoms with Gasteiger partial charge in [0.15, 0.2) is 0 Å². The number of hydrogen-bond donors (Lipinski definition) is 1. The van der Waals surface area contributed by atoms with Gasteiger partial charge >= 0.3 is 0 Å². The monoisotopic (exact) mass is 205 g/mol. The summed E-state index contributed by atoms with van der Waals surface area (Å²) in [5.74, 6) is 4.83. The van der Waals surface area contributed by atoms with Crippen molar-refractivity contribution in [1.29, 1.82) is 0 Å². The van der Waals surface area contributed by atoms with E-state index in [1.54, 1.807) is 0 Å². The predicted octanol–water partition coefficient (Wildman–Crippen LogP) is 2.08. The van der Waals surface area contributed by atoms with Gasteiger partial charge in [0.25, 0.3) is 0 Å². The van der Waals surface area contributed by atoms with Crippen LogP contribution in [-0.2, 0) is 0 Å². The molecule has 12 heavy (non-hydrogen) atoms. The third kappa shape index (κ3) is 4.63. The molecule has 1 heterocycles. The molecule has 1 nitrogen and oxygen atoms in total. The highest BCUT2D eigenvalue weighted by molar-refractivity contribution is 8.06. The van der Waals surface area contributed by atoms with Crippen molar-refractivity contribution in [3.8, 4) is 0 Å². The van der Waals surface area contributed by atoms with Crippen molar-refractivity contribution in [3.05, 3.63) is 0 Å². The van der Waals surface area contributed by atoms with Crippen molar-refractivity contribution in [1.82, 2.24) is 5.32 Å². The molecule has 0 aliphatic carbocycles. The molecule has 1 rings (SSSR count). The lowest BCUT2D eigenvalue weighted by atomic mass is 10.2. The van der Waals surface area contributed by atoms with Crippen LogP contribution in [-0.4, -0.2) is 35.6 Å². The zero-order chi connectivity index (χ0) is 8.81. The average molecular weight is 205 g/mol. The van der Waals surface area contributed by atoms with Crippen LogP contribution in [0.4, 0.5) is 0 Å². The zero-order valence-corrected chi connectivity index (χ0v) is 9.64. The van der Waals surface area contributed by atoms with Crippen molar-refractivity contribution in [2.24, 2.45) is 5.92 Å².